The third-order valence-corrected chi connectivity index (χ3v) is 1.68. The summed E-state index contributed by atoms with van der Waals surface area (Å²) in [5, 5.41) is 9.24. The van der Waals surface area contributed by atoms with E-state index in [4.69, 9.17) is 5.73 Å². The van der Waals surface area contributed by atoms with Crippen LogP contribution in [0.15, 0.2) is 12.4 Å². The summed E-state index contributed by atoms with van der Waals surface area (Å²) in [6, 6.07) is 0. The molecule has 0 bridgehead atoms. The van der Waals surface area contributed by atoms with Crippen LogP contribution in [0, 0.1) is 6.92 Å². The number of rotatable bonds is 3. The molecule has 0 aromatic carbocycles. The van der Waals surface area contributed by atoms with Gasteiger partial charge in [-0.2, -0.15) is 0 Å². The molecule has 0 radical (unpaired) electrons. The molecule has 3 N–H and O–H groups in total. The van der Waals surface area contributed by atoms with Gasteiger partial charge in [0.15, 0.2) is 0 Å². The predicted octanol–water partition coefficient (Wildman–Crippen LogP) is -0.353. The lowest BCUT2D eigenvalue weighted by atomic mass is 10.1. The highest BCUT2D eigenvalue weighted by molar-refractivity contribution is 5.09. The summed E-state index contributed by atoms with van der Waals surface area (Å²) in [5.41, 5.74) is 6.94. The van der Waals surface area contributed by atoms with E-state index in [0.717, 1.165) is 11.4 Å². The van der Waals surface area contributed by atoms with Crippen LogP contribution in [0.4, 0.5) is 0 Å². The smallest absolute Gasteiger partial charge is 0.0718 e. The molecule has 0 amide bonds. The molecular formula is C8H13N3O. The lowest BCUT2D eigenvalue weighted by molar-refractivity contribution is 0.182. The van der Waals surface area contributed by atoms with E-state index < -0.39 is 6.10 Å². The number of hydrogen-bond acceptors (Lipinski definition) is 4. The average molecular weight is 167 g/mol. The Hall–Kier alpha value is -1.00. The number of aliphatic hydroxyl groups is 1. The molecular weight excluding hydrogens is 154 g/mol. The molecule has 1 rings (SSSR count). The molecule has 1 aromatic heterocycles. The highest BCUT2D eigenvalue weighted by Gasteiger charge is 2.06. The Kier molecular flexibility index (Phi) is 3.13. The number of nitrogens with zero attached hydrogens (tertiary/aromatic N) is 2. The minimum absolute atomic E-state index is 0.260. The van der Waals surface area contributed by atoms with E-state index in [9.17, 15) is 5.11 Å². The zero-order chi connectivity index (χ0) is 8.97. The van der Waals surface area contributed by atoms with Gasteiger partial charge < -0.3 is 10.8 Å². The van der Waals surface area contributed by atoms with Gasteiger partial charge in [-0.3, -0.25) is 9.97 Å². The van der Waals surface area contributed by atoms with E-state index in [1.165, 1.54) is 0 Å². The summed E-state index contributed by atoms with van der Waals surface area (Å²) >= 11 is 0. The third-order valence-electron chi connectivity index (χ3n) is 1.68. The number of aliphatic hydroxyl groups excluding tert-OH is 1. The normalized spacial score (nSPS) is 12.9. The van der Waals surface area contributed by atoms with Gasteiger partial charge in [0.2, 0.25) is 0 Å². The van der Waals surface area contributed by atoms with Gasteiger partial charge in [-0.25, -0.2) is 0 Å². The molecule has 0 saturated heterocycles. The van der Waals surface area contributed by atoms with Crippen LogP contribution in [0.3, 0.4) is 0 Å². The molecule has 0 aliphatic rings. The summed E-state index contributed by atoms with van der Waals surface area (Å²) in [6.07, 6.45) is 3.22. The second kappa shape index (κ2) is 4.13. The van der Waals surface area contributed by atoms with E-state index >= 15 is 0 Å². The first-order valence-corrected chi connectivity index (χ1v) is 3.88. The van der Waals surface area contributed by atoms with Crippen LogP contribution < -0.4 is 5.73 Å². The molecule has 12 heavy (non-hydrogen) atoms. The van der Waals surface area contributed by atoms with E-state index in [2.05, 4.69) is 9.97 Å². The second-order valence-electron chi connectivity index (χ2n) is 2.68. The molecule has 1 aromatic rings. The maximum Gasteiger partial charge on any atom is 0.0718 e. The third kappa shape index (κ3) is 2.25. The zero-order valence-corrected chi connectivity index (χ0v) is 7.07. The van der Waals surface area contributed by atoms with Gasteiger partial charge in [-0.1, -0.05) is 0 Å². The van der Waals surface area contributed by atoms with E-state index in [1.807, 2.05) is 6.92 Å². The lowest BCUT2D eigenvalue weighted by Gasteiger charge is -2.07. The van der Waals surface area contributed by atoms with Crippen molar-refractivity contribution in [3.63, 3.8) is 0 Å². The molecule has 0 fully saturated rings. The summed E-state index contributed by atoms with van der Waals surface area (Å²) in [5.74, 6) is 0. The van der Waals surface area contributed by atoms with Gasteiger partial charge in [0.05, 0.1) is 17.5 Å². The Labute approximate surface area is 71.5 Å². The fourth-order valence-corrected chi connectivity index (χ4v) is 0.943. The first-order chi connectivity index (χ1) is 5.74. The van der Waals surface area contributed by atoms with E-state index in [1.54, 1.807) is 12.4 Å². The molecule has 66 valence electrons. The number of nitrogens with two attached hydrogens (primary N) is 1. The quantitative estimate of drug-likeness (QED) is 0.645. The fourth-order valence-electron chi connectivity index (χ4n) is 0.943. The summed E-state index contributed by atoms with van der Waals surface area (Å²) in [4.78, 5) is 8.14. The maximum absolute atomic E-state index is 9.24. The molecule has 0 spiro atoms. The molecule has 1 atom stereocenters. The zero-order valence-electron chi connectivity index (χ0n) is 7.07. The Morgan fingerprint density at radius 3 is 2.75 bits per heavy atom. The van der Waals surface area contributed by atoms with Gasteiger partial charge in [0.1, 0.15) is 0 Å². The minimum atomic E-state index is -0.514. The standard InChI is InChI=1S/C8H13N3O/c1-6-8(4-7(12)5-9)11-3-2-10-6/h2-3,7,12H,4-5,9H2,1H3. The van der Waals surface area contributed by atoms with Crippen molar-refractivity contribution in [2.45, 2.75) is 19.4 Å². The summed E-state index contributed by atoms with van der Waals surface area (Å²) < 4.78 is 0. The minimum Gasteiger partial charge on any atom is -0.391 e. The highest BCUT2D eigenvalue weighted by Crippen LogP contribution is 2.02. The van der Waals surface area contributed by atoms with E-state index in [-0.39, 0.29) is 6.54 Å². The van der Waals surface area contributed by atoms with Crippen LogP contribution in [0.25, 0.3) is 0 Å². The van der Waals surface area contributed by atoms with Crippen LogP contribution in [0.5, 0.6) is 0 Å². The maximum atomic E-state index is 9.24. The van der Waals surface area contributed by atoms with Crippen LogP contribution in [0.2, 0.25) is 0 Å². The van der Waals surface area contributed by atoms with Crippen molar-refractivity contribution >= 4 is 0 Å². The second-order valence-corrected chi connectivity index (χ2v) is 2.68. The van der Waals surface area contributed by atoms with Crippen molar-refractivity contribution in [1.82, 2.24) is 9.97 Å². The Balaban J connectivity index is 2.69. The van der Waals surface area contributed by atoms with Crippen molar-refractivity contribution in [1.29, 1.82) is 0 Å². The molecule has 0 saturated carbocycles. The Morgan fingerprint density at radius 2 is 2.17 bits per heavy atom. The SMILES string of the molecule is Cc1nccnc1CC(O)CN. The number of aryl methyl sites for hydroxylation is 1. The van der Waals surface area contributed by atoms with Crippen LogP contribution in [-0.4, -0.2) is 27.7 Å². The van der Waals surface area contributed by atoms with Crippen molar-refractivity contribution < 1.29 is 5.11 Å². The summed E-state index contributed by atoms with van der Waals surface area (Å²) in [7, 11) is 0. The van der Waals surface area contributed by atoms with Crippen LogP contribution in [0.1, 0.15) is 11.4 Å². The molecule has 4 nitrogen and oxygen atoms in total. The first-order valence-electron chi connectivity index (χ1n) is 3.88. The first kappa shape index (κ1) is 9.09. The monoisotopic (exact) mass is 167 g/mol. The topological polar surface area (TPSA) is 72.0 Å². The Bertz CT molecular complexity index is 252. The van der Waals surface area contributed by atoms with Crippen molar-refractivity contribution in [2.24, 2.45) is 5.73 Å². The number of aromatic nitrogens is 2. The molecule has 1 unspecified atom stereocenters. The largest absolute Gasteiger partial charge is 0.391 e. The van der Waals surface area contributed by atoms with Crippen LogP contribution >= 0.6 is 0 Å². The van der Waals surface area contributed by atoms with E-state index in [0.29, 0.717) is 6.42 Å². The number of hydrogen-bond donors (Lipinski definition) is 2. The van der Waals surface area contributed by atoms with Gasteiger partial charge in [0.25, 0.3) is 0 Å². The van der Waals surface area contributed by atoms with Gasteiger partial charge in [-0.05, 0) is 6.92 Å². The predicted molar refractivity (Wildman–Crippen MR) is 45.5 cm³/mol. The fraction of sp³-hybridized carbons (Fsp3) is 0.500. The average Bonchev–Trinajstić information content (AvgIpc) is 2.09. The van der Waals surface area contributed by atoms with Gasteiger partial charge >= 0.3 is 0 Å². The van der Waals surface area contributed by atoms with Gasteiger partial charge in [-0.15, -0.1) is 0 Å². The van der Waals surface area contributed by atoms with Gasteiger partial charge in [0, 0.05) is 25.4 Å². The lowest BCUT2D eigenvalue weighted by Crippen LogP contribution is -2.23. The molecule has 0 aliphatic heterocycles. The highest BCUT2D eigenvalue weighted by atomic mass is 16.3. The molecule has 4 heteroatoms. The van der Waals surface area contributed by atoms with Crippen molar-refractivity contribution in [3.05, 3.63) is 23.8 Å². The molecule has 1 heterocycles. The van der Waals surface area contributed by atoms with Crippen molar-refractivity contribution in [2.75, 3.05) is 6.54 Å². The van der Waals surface area contributed by atoms with Crippen molar-refractivity contribution in [3.8, 4) is 0 Å². The molecule has 0 aliphatic carbocycles. The summed E-state index contributed by atoms with van der Waals surface area (Å²) in [6.45, 7) is 2.13. The van der Waals surface area contributed by atoms with Crippen LogP contribution in [-0.2, 0) is 6.42 Å². The Morgan fingerprint density at radius 1 is 1.50 bits per heavy atom.